The van der Waals surface area contributed by atoms with E-state index in [9.17, 15) is 4.79 Å². The molecule has 1 fully saturated rings. The van der Waals surface area contributed by atoms with Gasteiger partial charge in [0.15, 0.2) is 0 Å². The van der Waals surface area contributed by atoms with E-state index in [-0.39, 0.29) is 17.2 Å². The first-order valence-corrected chi connectivity index (χ1v) is 10.4. The molecule has 2 aliphatic rings. The van der Waals surface area contributed by atoms with E-state index in [0.29, 0.717) is 0 Å². The van der Waals surface area contributed by atoms with E-state index in [2.05, 4.69) is 58.4 Å². The first kappa shape index (κ1) is 17.4. The van der Waals surface area contributed by atoms with Gasteiger partial charge in [-0.25, -0.2) is 0 Å². The lowest BCUT2D eigenvalue weighted by Gasteiger charge is -2.42. The van der Waals surface area contributed by atoms with Crippen LogP contribution < -0.4 is 0 Å². The molecule has 1 N–H and O–H groups in total. The van der Waals surface area contributed by atoms with Gasteiger partial charge in [-0.3, -0.25) is 9.89 Å². The normalized spacial score (nSPS) is 22.3. The molecule has 136 valence electrons. The zero-order chi connectivity index (χ0) is 18.0. The Hall–Kier alpha value is -2.01. The van der Waals surface area contributed by atoms with Crippen molar-refractivity contribution in [1.29, 1.82) is 0 Å². The van der Waals surface area contributed by atoms with Gasteiger partial charge in [-0.15, -0.1) is 11.8 Å². The number of rotatable bonds is 4. The van der Waals surface area contributed by atoms with Crippen LogP contribution in [0.1, 0.15) is 37.3 Å². The van der Waals surface area contributed by atoms with Crippen molar-refractivity contribution in [2.24, 2.45) is 5.92 Å². The first-order chi connectivity index (χ1) is 12.7. The Kier molecular flexibility index (Phi) is 4.90. The molecule has 0 bridgehead atoms. The number of hydrogen-bond donors (Lipinski definition) is 1. The third-order valence-corrected chi connectivity index (χ3v) is 7.17. The highest BCUT2D eigenvalue weighted by molar-refractivity contribution is 8.08. The van der Waals surface area contributed by atoms with E-state index in [0.717, 1.165) is 43.7 Å². The van der Waals surface area contributed by atoms with Crippen LogP contribution in [-0.4, -0.2) is 39.8 Å². The highest BCUT2D eigenvalue weighted by atomic mass is 32.2. The molecule has 2 aliphatic heterocycles. The number of amides is 1. The van der Waals surface area contributed by atoms with Gasteiger partial charge in [0.05, 0.1) is 12.1 Å². The van der Waals surface area contributed by atoms with Crippen LogP contribution in [0.3, 0.4) is 0 Å². The number of piperidine rings is 1. The quantitative estimate of drug-likeness (QED) is 0.886. The molecule has 1 aromatic carbocycles. The fourth-order valence-corrected chi connectivity index (χ4v) is 5.33. The predicted molar refractivity (Wildman–Crippen MR) is 107 cm³/mol. The van der Waals surface area contributed by atoms with E-state index in [1.54, 1.807) is 11.8 Å². The number of H-pyrrole nitrogens is 1. The number of carbonyl (C=O) groups excluding carboxylic acids is 1. The van der Waals surface area contributed by atoms with E-state index in [1.807, 2.05) is 12.4 Å². The number of hydrogen-bond acceptors (Lipinski definition) is 3. The number of benzene rings is 1. The molecule has 0 aliphatic carbocycles. The summed E-state index contributed by atoms with van der Waals surface area (Å²) in [6, 6.07) is 10.8. The SMILES string of the molecule is CCC1(c2ccccc2)CCN(C(=O)C2C=C(c3cn[nH]c3)SC2)CC1. The third kappa shape index (κ3) is 3.20. The number of aromatic amines is 1. The number of nitrogens with zero attached hydrogens (tertiary/aromatic N) is 2. The van der Waals surface area contributed by atoms with Crippen LogP contribution >= 0.6 is 11.8 Å². The molecule has 1 aromatic heterocycles. The smallest absolute Gasteiger partial charge is 0.230 e. The first-order valence-electron chi connectivity index (χ1n) is 9.40. The van der Waals surface area contributed by atoms with Gasteiger partial charge in [0.2, 0.25) is 5.91 Å². The van der Waals surface area contributed by atoms with Crippen LogP contribution in [0.5, 0.6) is 0 Å². The second kappa shape index (κ2) is 7.31. The van der Waals surface area contributed by atoms with Crippen molar-refractivity contribution in [2.75, 3.05) is 18.8 Å². The van der Waals surface area contributed by atoms with Crippen LogP contribution in [0.25, 0.3) is 4.91 Å². The molecule has 5 heteroatoms. The maximum Gasteiger partial charge on any atom is 0.230 e. The summed E-state index contributed by atoms with van der Waals surface area (Å²) in [5, 5.41) is 6.85. The summed E-state index contributed by atoms with van der Waals surface area (Å²) in [7, 11) is 0. The largest absolute Gasteiger partial charge is 0.342 e. The average Bonchev–Trinajstić information content (AvgIpc) is 3.40. The Morgan fingerprint density at radius 1 is 1.31 bits per heavy atom. The molecule has 0 saturated carbocycles. The minimum absolute atomic E-state index is 0.00393. The zero-order valence-electron chi connectivity index (χ0n) is 15.1. The van der Waals surface area contributed by atoms with Gasteiger partial charge in [0.25, 0.3) is 0 Å². The minimum atomic E-state index is -0.00393. The summed E-state index contributed by atoms with van der Waals surface area (Å²) >= 11 is 1.76. The predicted octanol–water partition coefficient (Wildman–Crippen LogP) is 4.08. The molecule has 2 aromatic rings. The molecule has 1 unspecified atom stereocenters. The fraction of sp³-hybridized carbons (Fsp3) is 0.429. The summed E-state index contributed by atoms with van der Waals surface area (Å²) in [5.41, 5.74) is 2.73. The van der Waals surface area contributed by atoms with Crippen molar-refractivity contribution in [3.8, 4) is 0 Å². The highest BCUT2D eigenvalue weighted by Gasteiger charge is 2.37. The number of likely N-dealkylation sites (tertiary alicyclic amines) is 1. The molecule has 1 amide bonds. The standard InChI is InChI=1S/C21H25N3OS/c1-2-21(18-6-4-3-5-7-18)8-10-24(11-9-21)20(25)16-12-19(26-15-16)17-13-22-23-14-17/h3-7,12-14,16H,2,8-11,15H2,1H3,(H,22,23). The Balaban J connectivity index is 1.43. The van der Waals surface area contributed by atoms with Gasteiger partial charge in [0.1, 0.15) is 0 Å². The molecule has 1 atom stereocenters. The van der Waals surface area contributed by atoms with Crippen LogP contribution in [0, 0.1) is 5.92 Å². The molecule has 4 nitrogen and oxygen atoms in total. The van der Waals surface area contributed by atoms with Gasteiger partial charge in [-0.05, 0) is 30.2 Å². The molecular formula is C21H25N3OS. The molecule has 4 rings (SSSR count). The molecule has 0 radical (unpaired) electrons. The van der Waals surface area contributed by atoms with E-state index in [4.69, 9.17) is 0 Å². The van der Waals surface area contributed by atoms with Crippen molar-refractivity contribution >= 4 is 22.6 Å². The van der Waals surface area contributed by atoms with Crippen LogP contribution in [0.2, 0.25) is 0 Å². The molecule has 3 heterocycles. The van der Waals surface area contributed by atoms with Crippen molar-refractivity contribution in [3.63, 3.8) is 0 Å². The topological polar surface area (TPSA) is 49.0 Å². The van der Waals surface area contributed by atoms with Gasteiger partial charge >= 0.3 is 0 Å². The Morgan fingerprint density at radius 2 is 2.08 bits per heavy atom. The number of aromatic nitrogens is 2. The summed E-state index contributed by atoms with van der Waals surface area (Å²) < 4.78 is 0. The summed E-state index contributed by atoms with van der Waals surface area (Å²) in [5.74, 6) is 1.12. The third-order valence-electron chi connectivity index (χ3n) is 5.97. The van der Waals surface area contributed by atoms with Gasteiger partial charge < -0.3 is 4.90 Å². The average molecular weight is 368 g/mol. The maximum absolute atomic E-state index is 13.0. The van der Waals surface area contributed by atoms with Gasteiger partial charge in [-0.2, -0.15) is 5.10 Å². The van der Waals surface area contributed by atoms with Crippen LogP contribution in [-0.2, 0) is 10.2 Å². The van der Waals surface area contributed by atoms with Gasteiger partial charge in [-0.1, -0.05) is 43.3 Å². The number of thioether (sulfide) groups is 1. The molecule has 26 heavy (non-hydrogen) atoms. The van der Waals surface area contributed by atoms with Crippen molar-refractivity contribution < 1.29 is 4.79 Å². The highest BCUT2D eigenvalue weighted by Crippen LogP contribution is 2.40. The van der Waals surface area contributed by atoms with Crippen molar-refractivity contribution in [2.45, 2.75) is 31.6 Å². The van der Waals surface area contributed by atoms with Crippen molar-refractivity contribution in [3.05, 3.63) is 59.9 Å². The second-order valence-corrected chi connectivity index (χ2v) is 8.32. The molecule has 1 saturated heterocycles. The maximum atomic E-state index is 13.0. The fourth-order valence-electron chi connectivity index (χ4n) is 4.19. The van der Waals surface area contributed by atoms with Gasteiger partial charge in [0, 0.05) is 35.5 Å². The Morgan fingerprint density at radius 3 is 2.73 bits per heavy atom. The Bertz CT molecular complexity index is 777. The monoisotopic (exact) mass is 367 g/mol. The van der Waals surface area contributed by atoms with E-state index in [1.165, 1.54) is 10.5 Å². The lowest BCUT2D eigenvalue weighted by molar-refractivity contribution is -0.135. The summed E-state index contributed by atoms with van der Waals surface area (Å²) in [6.07, 6.45) is 9.07. The molecular weight excluding hydrogens is 342 g/mol. The number of carbonyl (C=O) groups is 1. The lowest BCUT2D eigenvalue weighted by atomic mass is 9.71. The van der Waals surface area contributed by atoms with Crippen LogP contribution in [0.4, 0.5) is 0 Å². The zero-order valence-corrected chi connectivity index (χ0v) is 16.0. The van der Waals surface area contributed by atoms with Crippen LogP contribution in [0.15, 0.2) is 48.8 Å². The second-order valence-electron chi connectivity index (χ2n) is 7.26. The summed E-state index contributed by atoms with van der Waals surface area (Å²) in [4.78, 5) is 16.2. The minimum Gasteiger partial charge on any atom is -0.342 e. The molecule has 0 spiro atoms. The summed E-state index contributed by atoms with van der Waals surface area (Å²) in [6.45, 7) is 3.99. The lowest BCUT2D eigenvalue weighted by Crippen LogP contribution is -2.46. The Labute approximate surface area is 159 Å². The van der Waals surface area contributed by atoms with E-state index >= 15 is 0 Å². The number of nitrogens with one attached hydrogen (secondary N) is 1. The van der Waals surface area contributed by atoms with Crippen molar-refractivity contribution in [1.82, 2.24) is 15.1 Å². The van der Waals surface area contributed by atoms with E-state index < -0.39 is 0 Å².